The van der Waals surface area contributed by atoms with Crippen LogP contribution in [-0.2, 0) is 5.41 Å². The van der Waals surface area contributed by atoms with Crippen LogP contribution in [0.15, 0.2) is 218 Å². The Balaban J connectivity index is 0.956. The predicted molar refractivity (Wildman–Crippen MR) is 266 cm³/mol. The number of rotatable bonds is 5. The van der Waals surface area contributed by atoms with Crippen LogP contribution in [0.3, 0.4) is 0 Å². The first-order chi connectivity index (χ1) is 31.6. The molecule has 2 aliphatic carbocycles. The maximum Gasteiger partial charge on any atom is 0.194 e. The van der Waals surface area contributed by atoms with Crippen molar-refractivity contribution in [1.29, 1.82) is 0 Å². The van der Waals surface area contributed by atoms with Gasteiger partial charge in [0.05, 0.1) is 11.1 Å². The molecule has 0 saturated carbocycles. The van der Waals surface area contributed by atoms with E-state index in [1.165, 1.54) is 59.1 Å². The van der Waals surface area contributed by atoms with Crippen LogP contribution in [0.4, 0.5) is 17.1 Å². The topological polar surface area (TPSA) is 21.7 Å². The standard InChI is InChI=1S/C60H39NO2S/c1-3-48-37(2)44-16-7-10-19-49(44)60(48)50-20-11-8-18-47(50)57-51(60)34-35-54-59(57)63-58-52(21-13-22-53(58)62-54)61(42-29-24-39(25-30-42)38-14-5-4-6-15-38)43-31-26-40(27-32-43)41-28-33-46-45-17-9-12-23-55(45)64-56(46)36-41/h3-36H,2H2,1H3/b48-3+. The second kappa shape index (κ2) is 14.0. The molecule has 0 radical (unpaired) electrons. The summed E-state index contributed by atoms with van der Waals surface area (Å²) in [5.74, 6) is 2.74. The van der Waals surface area contributed by atoms with Gasteiger partial charge in [0.2, 0.25) is 0 Å². The van der Waals surface area contributed by atoms with E-state index in [-0.39, 0.29) is 0 Å². The summed E-state index contributed by atoms with van der Waals surface area (Å²) in [6, 6.07) is 71.7. The minimum absolute atomic E-state index is 0.525. The molecule has 1 spiro atoms. The van der Waals surface area contributed by atoms with Crippen molar-refractivity contribution in [3.8, 4) is 56.4 Å². The lowest BCUT2D eigenvalue weighted by atomic mass is 9.70. The number of thiophene rings is 1. The Morgan fingerprint density at radius 3 is 1.86 bits per heavy atom. The third kappa shape index (κ3) is 5.21. The molecule has 0 fully saturated rings. The zero-order valence-corrected chi connectivity index (χ0v) is 35.8. The molecule has 2 heterocycles. The van der Waals surface area contributed by atoms with Crippen LogP contribution in [0.2, 0.25) is 0 Å². The normalized spacial score (nSPS) is 16.0. The van der Waals surface area contributed by atoms with E-state index in [9.17, 15) is 0 Å². The van der Waals surface area contributed by atoms with Crippen molar-refractivity contribution in [1.82, 2.24) is 0 Å². The number of nitrogens with zero attached hydrogens (tertiary/aromatic N) is 1. The Bertz CT molecular complexity index is 3580. The van der Waals surface area contributed by atoms with Crippen molar-refractivity contribution in [2.45, 2.75) is 12.3 Å². The first-order valence-electron chi connectivity index (χ1n) is 21.8. The van der Waals surface area contributed by atoms with Gasteiger partial charge in [-0.1, -0.05) is 158 Å². The molecule has 0 N–H and O–H groups in total. The molecule has 302 valence electrons. The largest absolute Gasteiger partial charge is 0.449 e. The Labute approximate surface area is 376 Å². The van der Waals surface area contributed by atoms with E-state index in [1.54, 1.807) is 0 Å². The van der Waals surface area contributed by atoms with Crippen molar-refractivity contribution >= 4 is 54.1 Å². The van der Waals surface area contributed by atoms with Gasteiger partial charge in [0, 0.05) is 37.1 Å². The van der Waals surface area contributed by atoms with Crippen LogP contribution < -0.4 is 14.4 Å². The van der Waals surface area contributed by atoms with Crippen molar-refractivity contribution in [2.24, 2.45) is 0 Å². The highest BCUT2D eigenvalue weighted by atomic mass is 32.1. The molecule has 64 heavy (non-hydrogen) atoms. The van der Waals surface area contributed by atoms with E-state index < -0.39 is 5.41 Å². The van der Waals surface area contributed by atoms with Crippen molar-refractivity contribution in [3.63, 3.8) is 0 Å². The van der Waals surface area contributed by atoms with Crippen LogP contribution >= 0.6 is 11.3 Å². The highest BCUT2D eigenvalue weighted by Gasteiger charge is 2.54. The number of para-hydroxylation sites is 1. The maximum absolute atomic E-state index is 7.36. The smallest absolute Gasteiger partial charge is 0.194 e. The lowest BCUT2D eigenvalue weighted by molar-refractivity contribution is 0.361. The molecular formula is C60H39NO2S. The quantitative estimate of drug-likeness (QED) is 0.172. The van der Waals surface area contributed by atoms with Crippen molar-refractivity contribution < 1.29 is 9.47 Å². The van der Waals surface area contributed by atoms with Crippen LogP contribution in [0.5, 0.6) is 23.0 Å². The summed E-state index contributed by atoms with van der Waals surface area (Å²) in [6.45, 7) is 6.79. The van der Waals surface area contributed by atoms with Crippen LogP contribution in [-0.4, -0.2) is 0 Å². The predicted octanol–water partition coefficient (Wildman–Crippen LogP) is 17.0. The van der Waals surface area contributed by atoms with Gasteiger partial charge < -0.3 is 14.4 Å². The van der Waals surface area contributed by atoms with Gasteiger partial charge in [-0.2, -0.15) is 0 Å². The van der Waals surface area contributed by atoms with E-state index in [1.807, 2.05) is 17.4 Å². The van der Waals surface area contributed by atoms with E-state index in [4.69, 9.17) is 9.47 Å². The Morgan fingerprint density at radius 2 is 1.09 bits per heavy atom. The molecule has 1 aromatic heterocycles. The molecule has 3 nitrogen and oxygen atoms in total. The molecule has 9 aromatic carbocycles. The first kappa shape index (κ1) is 36.7. The number of allylic oxidation sites excluding steroid dienone is 3. The minimum atomic E-state index is -0.525. The van der Waals surface area contributed by atoms with Crippen LogP contribution in [0, 0.1) is 0 Å². The molecule has 0 bridgehead atoms. The zero-order valence-electron chi connectivity index (χ0n) is 35.0. The molecule has 4 heteroatoms. The zero-order chi connectivity index (χ0) is 42.5. The highest BCUT2D eigenvalue weighted by molar-refractivity contribution is 7.25. The molecule has 10 aromatic rings. The molecule has 1 aliphatic heterocycles. The molecule has 13 rings (SSSR count). The SMILES string of the molecule is C=C1/C(=C\C)C2(c3ccccc31)c1ccccc1-c1c2ccc2c1Oc1c(cccc1N(c1ccc(-c3ccccc3)cc1)c1ccc(-c3ccc4c(c3)sc3ccccc34)cc1)O2. The lowest BCUT2D eigenvalue weighted by Crippen LogP contribution is -2.26. The van der Waals surface area contributed by atoms with E-state index >= 15 is 0 Å². The second-order valence-electron chi connectivity index (χ2n) is 16.8. The summed E-state index contributed by atoms with van der Waals surface area (Å²) in [6.07, 6.45) is 2.24. The highest BCUT2D eigenvalue weighted by Crippen LogP contribution is 2.67. The third-order valence-corrected chi connectivity index (χ3v) is 14.6. The second-order valence-corrected chi connectivity index (χ2v) is 17.8. The molecule has 3 aliphatic rings. The van der Waals surface area contributed by atoms with Gasteiger partial charge in [0.25, 0.3) is 0 Å². The third-order valence-electron chi connectivity index (χ3n) is 13.5. The van der Waals surface area contributed by atoms with E-state index in [0.29, 0.717) is 17.2 Å². The van der Waals surface area contributed by atoms with Gasteiger partial charge >= 0.3 is 0 Å². The van der Waals surface area contributed by atoms with E-state index in [2.05, 4.69) is 219 Å². The number of benzene rings is 9. The first-order valence-corrected chi connectivity index (χ1v) is 22.6. The van der Waals surface area contributed by atoms with Gasteiger partial charge in [0.15, 0.2) is 23.0 Å². The van der Waals surface area contributed by atoms with Crippen molar-refractivity contribution in [3.05, 3.63) is 241 Å². The summed E-state index contributed by atoms with van der Waals surface area (Å²) in [7, 11) is 0. The number of fused-ring (bicyclic) bond motifs is 13. The molecule has 1 unspecified atom stereocenters. The fraction of sp³-hybridized carbons (Fsp3) is 0.0333. The van der Waals surface area contributed by atoms with Gasteiger partial charge in [-0.15, -0.1) is 11.3 Å². The number of ether oxygens (including phenoxy) is 2. The lowest BCUT2D eigenvalue weighted by Gasteiger charge is -2.32. The van der Waals surface area contributed by atoms with Gasteiger partial charge in [-0.05, 0) is 123 Å². The molecule has 1 atom stereocenters. The summed E-state index contributed by atoms with van der Waals surface area (Å²) in [5, 5.41) is 2.61. The maximum atomic E-state index is 7.36. The minimum Gasteiger partial charge on any atom is -0.449 e. The van der Waals surface area contributed by atoms with Crippen molar-refractivity contribution in [2.75, 3.05) is 4.90 Å². The Hall–Kier alpha value is -7.92. The van der Waals surface area contributed by atoms with Crippen LogP contribution in [0.25, 0.3) is 59.1 Å². The summed E-state index contributed by atoms with van der Waals surface area (Å²) < 4.78 is 16.9. The fourth-order valence-electron chi connectivity index (χ4n) is 10.7. The summed E-state index contributed by atoms with van der Waals surface area (Å²) >= 11 is 1.85. The van der Waals surface area contributed by atoms with E-state index in [0.717, 1.165) is 50.6 Å². The fourth-order valence-corrected chi connectivity index (χ4v) is 11.9. The summed E-state index contributed by atoms with van der Waals surface area (Å²) in [5.41, 5.74) is 16.3. The van der Waals surface area contributed by atoms with Gasteiger partial charge in [-0.3, -0.25) is 0 Å². The summed E-state index contributed by atoms with van der Waals surface area (Å²) in [4.78, 5) is 2.29. The van der Waals surface area contributed by atoms with Crippen LogP contribution in [0.1, 0.15) is 29.2 Å². The number of hydrogen-bond acceptors (Lipinski definition) is 4. The number of anilines is 3. The van der Waals surface area contributed by atoms with Gasteiger partial charge in [0.1, 0.15) is 0 Å². The molecule has 0 amide bonds. The average Bonchev–Trinajstić information content (AvgIpc) is 3.97. The Morgan fingerprint density at radius 1 is 0.484 bits per heavy atom. The molecule has 0 saturated heterocycles. The molecular weight excluding hydrogens is 799 g/mol. The Kier molecular flexibility index (Phi) is 8.06. The monoisotopic (exact) mass is 837 g/mol. The number of hydrogen-bond donors (Lipinski definition) is 0. The van der Waals surface area contributed by atoms with Gasteiger partial charge in [-0.25, -0.2) is 0 Å². The average molecular weight is 838 g/mol.